The minimum atomic E-state index is -3.18. The highest BCUT2D eigenvalue weighted by Crippen LogP contribution is 2.24. The molecule has 3 rings (SSSR count). The molecule has 0 radical (unpaired) electrons. The molecule has 146 valence electrons. The summed E-state index contributed by atoms with van der Waals surface area (Å²) in [6, 6.07) is 8.24. The van der Waals surface area contributed by atoms with Crippen LogP contribution in [0, 0.1) is 0 Å². The Kier molecular flexibility index (Phi) is 6.05. The third-order valence-corrected chi connectivity index (χ3v) is 7.04. The number of hydrogen-bond donors (Lipinski definition) is 0. The highest BCUT2D eigenvalue weighted by Gasteiger charge is 2.36. The number of para-hydroxylation sites is 1. The summed E-state index contributed by atoms with van der Waals surface area (Å²) in [4.78, 5) is 39.0. The Labute approximate surface area is 161 Å². The Bertz CT molecular complexity index is 827. The first kappa shape index (κ1) is 19.7. The zero-order valence-electron chi connectivity index (χ0n) is 14.6. The first-order valence-corrected chi connectivity index (χ1v) is 11.3. The number of benzene rings is 1. The third-order valence-electron chi connectivity index (χ3n) is 4.40. The molecule has 0 aliphatic carbocycles. The van der Waals surface area contributed by atoms with Crippen LogP contribution in [-0.2, 0) is 24.2 Å². The molecule has 2 amide bonds. The maximum atomic E-state index is 12.7. The summed E-state index contributed by atoms with van der Waals surface area (Å²) in [7, 11) is -3.18. The molecule has 0 bridgehead atoms. The largest absolute Gasteiger partial charge is 0.454 e. The van der Waals surface area contributed by atoms with E-state index in [2.05, 4.69) is 0 Å². The van der Waals surface area contributed by atoms with E-state index in [1.54, 1.807) is 30.3 Å². The molecule has 2 heterocycles. The molecule has 8 nitrogen and oxygen atoms in total. The Hall–Kier alpha value is -2.07. The SMILES string of the molecule is O=C(CN1CCSC1=O)OCC(=O)N(c1ccccc1)[C@H]1CCS(=O)(=O)C1. The van der Waals surface area contributed by atoms with Gasteiger partial charge >= 0.3 is 5.97 Å². The molecule has 2 saturated heterocycles. The van der Waals surface area contributed by atoms with Crippen molar-refractivity contribution < 1.29 is 27.5 Å². The quantitative estimate of drug-likeness (QED) is 0.640. The standard InChI is InChI=1S/C17H20N2O6S2/c20-15(11-25-16(21)10-18-7-8-26-17(18)22)19(13-4-2-1-3-5-13)14-6-9-27(23,24)12-14/h1-5,14H,6-12H2/t14-/m0/s1. The van der Waals surface area contributed by atoms with Gasteiger partial charge in [0.2, 0.25) is 0 Å². The number of anilines is 1. The summed E-state index contributed by atoms with van der Waals surface area (Å²) >= 11 is 1.14. The van der Waals surface area contributed by atoms with Gasteiger partial charge in [-0.25, -0.2) is 8.42 Å². The van der Waals surface area contributed by atoms with Crippen LogP contribution in [0.2, 0.25) is 0 Å². The zero-order chi connectivity index (χ0) is 19.4. The lowest BCUT2D eigenvalue weighted by Crippen LogP contribution is -2.44. The summed E-state index contributed by atoms with van der Waals surface area (Å²) < 4.78 is 28.7. The van der Waals surface area contributed by atoms with E-state index in [0.29, 0.717) is 24.4 Å². The smallest absolute Gasteiger partial charge is 0.326 e. The topological polar surface area (TPSA) is 101 Å². The lowest BCUT2D eigenvalue weighted by atomic mass is 10.2. The first-order valence-electron chi connectivity index (χ1n) is 8.50. The van der Waals surface area contributed by atoms with Gasteiger partial charge in [0.1, 0.15) is 6.54 Å². The summed E-state index contributed by atoms with van der Waals surface area (Å²) in [6.07, 6.45) is 0.344. The van der Waals surface area contributed by atoms with Crippen molar-refractivity contribution in [2.75, 3.05) is 41.9 Å². The molecule has 0 spiro atoms. The van der Waals surface area contributed by atoms with Crippen LogP contribution in [0.4, 0.5) is 10.5 Å². The van der Waals surface area contributed by atoms with Gasteiger partial charge in [-0.2, -0.15) is 0 Å². The van der Waals surface area contributed by atoms with Crippen molar-refractivity contribution in [2.45, 2.75) is 12.5 Å². The van der Waals surface area contributed by atoms with Gasteiger partial charge < -0.3 is 14.5 Å². The summed E-state index contributed by atoms with van der Waals surface area (Å²) in [5.74, 6) is -0.600. The molecule has 0 unspecified atom stereocenters. The molecule has 2 aliphatic rings. The average Bonchev–Trinajstić information content (AvgIpc) is 3.19. The van der Waals surface area contributed by atoms with Crippen LogP contribution < -0.4 is 4.90 Å². The fraction of sp³-hybridized carbons (Fsp3) is 0.471. The van der Waals surface area contributed by atoms with Gasteiger partial charge in [-0.1, -0.05) is 30.0 Å². The van der Waals surface area contributed by atoms with E-state index >= 15 is 0 Å². The molecule has 27 heavy (non-hydrogen) atoms. The van der Waals surface area contributed by atoms with Crippen molar-refractivity contribution in [3.05, 3.63) is 30.3 Å². The fourth-order valence-corrected chi connectivity index (χ4v) is 5.63. The fourth-order valence-electron chi connectivity index (χ4n) is 3.11. The van der Waals surface area contributed by atoms with Gasteiger partial charge in [0, 0.05) is 18.0 Å². The molecule has 2 aliphatic heterocycles. The minimum absolute atomic E-state index is 0.0306. The first-order chi connectivity index (χ1) is 12.9. The van der Waals surface area contributed by atoms with Crippen molar-refractivity contribution >= 4 is 44.4 Å². The van der Waals surface area contributed by atoms with Crippen LogP contribution in [0.3, 0.4) is 0 Å². The van der Waals surface area contributed by atoms with Crippen molar-refractivity contribution in [1.82, 2.24) is 4.90 Å². The monoisotopic (exact) mass is 412 g/mol. The molecular formula is C17H20N2O6S2. The average molecular weight is 412 g/mol. The normalized spacial score (nSPS) is 21.3. The van der Waals surface area contributed by atoms with E-state index < -0.39 is 34.4 Å². The third kappa shape index (κ3) is 5.01. The molecule has 0 aromatic heterocycles. The van der Waals surface area contributed by atoms with Crippen molar-refractivity contribution in [2.24, 2.45) is 0 Å². The van der Waals surface area contributed by atoms with Crippen molar-refractivity contribution in [3.63, 3.8) is 0 Å². The number of carbonyl (C=O) groups is 3. The van der Waals surface area contributed by atoms with Gasteiger partial charge in [0.05, 0.1) is 17.5 Å². The zero-order valence-corrected chi connectivity index (χ0v) is 16.2. The highest BCUT2D eigenvalue weighted by molar-refractivity contribution is 8.13. The van der Waals surface area contributed by atoms with Crippen LogP contribution in [0.15, 0.2) is 30.3 Å². The lowest BCUT2D eigenvalue weighted by molar-refractivity contribution is -0.148. The summed E-state index contributed by atoms with van der Waals surface area (Å²) in [6.45, 7) is -0.218. The van der Waals surface area contributed by atoms with Gasteiger partial charge in [-0.15, -0.1) is 0 Å². The summed E-state index contributed by atoms with van der Waals surface area (Å²) in [5.41, 5.74) is 0.562. The van der Waals surface area contributed by atoms with Gasteiger partial charge in [0.15, 0.2) is 16.4 Å². The number of sulfone groups is 1. The van der Waals surface area contributed by atoms with Crippen molar-refractivity contribution in [1.29, 1.82) is 0 Å². The van der Waals surface area contributed by atoms with E-state index in [-0.39, 0.29) is 23.3 Å². The van der Waals surface area contributed by atoms with E-state index in [4.69, 9.17) is 4.74 Å². The molecule has 0 saturated carbocycles. The minimum Gasteiger partial charge on any atom is -0.454 e. The number of thioether (sulfide) groups is 1. The van der Waals surface area contributed by atoms with Crippen LogP contribution in [-0.4, -0.2) is 73.4 Å². The number of rotatable bonds is 6. The second-order valence-corrected chi connectivity index (χ2v) is 9.63. The molecule has 1 aromatic rings. The maximum absolute atomic E-state index is 12.7. The number of ether oxygens (including phenoxy) is 1. The van der Waals surface area contributed by atoms with Gasteiger partial charge in [-0.05, 0) is 18.6 Å². The number of carbonyl (C=O) groups excluding carboxylic acids is 3. The molecule has 1 aromatic carbocycles. The second-order valence-electron chi connectivity index (χ2n) is 6.35. The molecule has 2 fully saturated rings. The Morgan fingerprint density at radius 1 is 1.26 bits per heavy atom. The number of amides is 2. The highest BCUT2D eigenvalue weighted by atomic mass is 32.2. The number of esters is 1. The van der Waals surface area contributed by atoms with Gasteiger partial charge in [-0.3, -0.25) is 14.4 Å². The van der Waals surface area contributed by atoms with Gasteiger partial charge in [0.25, 0.3) is 11.1 Å². The van der Waals surface area contributed by atoms with Crippen molar-refractivity contribution in [3.8, 4) is 0 Å². The molecular weight excluding hydrogens is 392 g/mol. The lowest BCUT2D eigenvalue weighted by Gasteiger charge is -2.28. The summed E-state index contributed by atoms with van der Waals surface area (Å²) in [5, 5.41) is -0.180. The number of hydrogen-bond acceptors (Lipinski definition) is 7. The van der Waals surface area contributed by atoms with E-state index in [9.17, 15) is 22.8 Å². The van der Waals surface area contributed by atoms with Crippen LogP contribution in [0.1, 0.15) is 6.42 Å². The number of nitrogens with zero attached hydrogens (tertiary/aromatic N) is 2. The van der Waals surface area contributed by atoms with Crippen LogP contribution in [0.5, 0.6) is 0 Å². The Balaban J connectivity index is 1.64. The Morgan fingerprint density at radius 3 is 2.59 bits per heavy atom. The second kappa shape index (κ2) is 8.30. The predicted octanol–water partition coefficient (Wildman–Crippen LogP) is 0.919. The predicted molar refractivity (Wildman–Crippen MR) is 101 cm³/mol. The molecule has 10 heteroatoms. The van der Waals surface area contributed by atoms with E-state index in [1.807, 2.05) is 0 Å². The molecule has 0 N–H and O–H groups in total. The van der Waals surface area contributed by atoms with E-state index in [0.717, 1.165) is 11.8 Å². The molecule has 1 atom stereocenters. The van der Waals surface area contributed by atoms with Crippen LogP contribution >= 0.6 is 11.8 Å². The maximum Gasteiger partial charge on any atom is 0.326 e. The Morgan fingerprint density at radius 2 is 2.00 bits per heavy atom. The van der Waals surface area contributed by atoms with Crippen LogP contribution in [0.25, 0.3) is 0 Å². The van der Waals surface area contributed by atoms with E-state index in [1.165, 1.54) is 9.80 Å².